The van der Waals surface area contributed by atoms with E-state index in [0.717, 1.165) is 35.1 Å². The van der Waals surface area contributed by atoms with E-state index in [1.54, 1.807) is 0 Å². The maximum absolute atomic E-state index is 12.3. The summed E-state index contributed by atoms with van der Waals surface area (Å²) in [5.74, 6) is 1.19. The Hall–Kier alpha value is -2.60. The first-order valence-corrected chi connectivity index (χ1v) is 10.3. The Morgan fingerprint density at radius 2 is 1.67 bits per heavy atom. The molecule has 1 aliphatic carbocycles. The minimum atomic E-state index is 0.0655. The molecule has 0 atom stereocenters. The van der Waals surface area contributed by atoms with Crippen molar-refractivity contribution in [3.8, 4) is 17.1 Å². The molecule has 1 amide bonds. The van der Waals surface area contributed by atoms with Crippen LogP contribution in [0.5, 0.6) is 0 Å². The number of rotatable bonds is 6. The molecular weight excluding hydrogens is 356 g/mol. The topological polar surface area (TPSA) is 59.8 Å². The smallest absolute Gasteiger partial charge is 0.230 e. The fraction of sp³-hybridized carbons (Fsp3) is 0.286. The first-order chi connectivity index (χ1) is 13.3. The van der Waals surface area contributed by atoms with Crippen molar-refractivity contribution in [3.63, 3.8) is 0 Å². The van der Waals surface area contributed by atoms with E-state index in [0.29, 0.717) is 11.8 Å². The summed E-state index contributed by atoms with van der Waals surface area (Å²) in [7, 11) is 0. The van der Waals surface area contributed by atoms with Gasteiger partial charge in [-0.25, -0.2) is 0 Å². The maximum atomic E-state index is 12.3. The summed E-state index contributed by atoms with van der Waals surface area (Å²) in [4.78, 5) is 12.3. The zero-order valence-corrected chi connectivity index (χ0v) is 15.9. The van der Waals surface area contributed by atoms with Gasteiger partial charge in [-0.05, 0) is 25.0 Å². The van der Waals surface area contributed by atoms with E-state index in [1.165, 1.54) is 24.6 Å². The summed E-state index contributed by atoms with van der Waals surface area (Å²) in [5.41, 5.74) is 1.98. The third-order valence-electron chi connectivity index (χ3n) is 4.73. The van der Waals surface area contributed by atoms with Crippen molar-refractivity contribution in [2.45, 2.75) is 36.9 Å². The number of nitrogens with zero attached hydrogens (tertiary/aromatic N) is 3. The van der Waals surface area contributed by atoms with Crippen LogP contribution >= 0.6 is 11.8 Å². The zero-order chi connectivity index (χ0) is 18.5. The highest BCUT2D eigenvalue weighted by atomic mass is 32.2. The van der Waals surface area contributed by atoms with Crippen LogP contribution in [0.4, 0.5) is 0 Å². The molecule has 138 valence electrons. The van der Waals surface area contributed by atoms with Gasteiger partial charge in [0.2, 0.25) is 5.91 Å². The number of amides is 1. The minimum Gasteiger partial charge on any atom is -0.353 e. The van der Waals surface area contributed by atoms with Crippen LogP contribution in [0.15, 0.2) is 65.8 Å². The van der Waals surface area contributed by atoms with Gasteiger partial charge < -0.3 is 5.32 Å². The number of aromatic nitrogens is 3. The average Bonchev–Trinajstić information content (AvgIpc) is 3.37. The number of carbonyl (C=O) groups excluding carboxylic acids is 1. The number of para-hydroxylation sites is 1. The maximum Gasteiger partial charge on any atom is 0.230 e. The number of hydrogen-bond acceptors (Lipinski definition) is 4. The van der Waals surface area contributed by atoms with Crippen LogP contribution in [-0.2, 0) is 4.79 Å². The third-order valence-corrected chi connectivity index (χ3v) is 5.66. The molecule has 1 N–H and O–H groups in total. The van der Waals surface area contributed by atoms with Crippen molar-refractivity contribution in [1.82, 2.24) is 20.1 Å². The molecule has 1 heterocycles. The lowest BCUT2D eigenvalue weighted by Gasteiger charge is -2.12. The highest BCUT2D eigenvalue weighted by Crippen LogP contribution is 2.28. The molecule has 1 saturated carbocycles. The molecule has 1 aromatic heterocycles. The van der Waals surface area contributed by atoms with Gasteiger partial charge in [-0.3, -0.25) is 9.36 Å². The molecule has 0 saturated heterocycles. The second-order valence-electron chi connectivity index (χ2n) is 6.68. The van der Waals surface area contributed by atoms with E-state index < -0.39 is 0 Å². The van der Waals surface area contributed by atoms with Crippen molar-refractivity contribution in [2.24, 2.45) is 0 Å². The number of nitrogens with one attached hydrogen (secondary N) is 1. The predicted octanol–water partition coefficient (Wildman–Crippen LogP) is 4.09. The van der Waals surface area contributed by atoms with Crippen LogP contribution in [0, 0.1) is 0 Å². The van der Waals surface area contributed by atoms with E-state index in [1.807, 2.05) is 65.2 Å². The second-order valence-corrected chi connectivity index (χ2v) is 7.62. The Kier molecular flexibility index (Phi) is 5.53. The molecule has 0 aliphatic heterocycles. The first-order valence-electron chi connectivity index (χ1n) is 9.30. The summed E-state index contributed by atoms with van der Waals surface area (Å²) in [6.07, 6.45) is 4.60. The van der Waals surface area contributed by atoms with Crippen LogP contribution < -0.4 is 5.32 Å². The van der Waals surface area contributed by atoms with Gasteiger partial charge in [0.25, 0.3) is 0 Å². The van der Waals surface area contributed by atoms with Crippen LogP contribution in [0.3, 0.4) is 0 Å². The predicted molar refractivity (Wildman–Crippen MR) is 108 cm³/mol. The Balaban J connectivity index is 1.57. The molecule has 1 fully saturated rings. The molecule has 0 unspecified atom stereocenters. The number of hydrogen-bond donors (Lipinski definition) is 1. The summed E-state index contributed by atoms with van der Waals surface area (Å²) >= 11 is 1.43. The largest absolute Gasteiger partial charge is 0.353 e. The fourth-order valence-electron chi connectivity index (χ4n) is 3.42. The average molecular weight is 379 g/mol. The van der Waals surface area contributed by atoms with E-state index >= 15 is 0 Å². The van der Waals surface area contributed by atoms with Gasteiger partial charge >= 0.3 is 0 Å². The highest BCUT2D eigenvalue weighted by Gasteiger charge is 2.19. The molecule has 0 spiro atoms. The monoisotopic (exact) mass is 378 g/mol. The van der Waals surface area contributed by atoms with Gasteiger partial charge in [-0.2, -0.15) is 0 Å². The van der Waals surface area contributed by atoms with Gasteiger partial charge in [0.05, 0.1) is 5.75 Å². The Labute approximate surface area is 163 Å². The fourth-order valence-corrected chi connectivity index (χ4v) is 4.18. The number of thioether (sulfide) groups is 1. The second kappa shape index (κ2) is 8.39. The van der Waals surface area contributed by atoms with Crippen LogP contribution in [-0.4, -0.2) is 32.5 Å². The molecule has 0 radical (unpaired) electrons. The lowest BCUT2D eigenvalue weighted by atomic mass is 10.2. The van der Waals surface area contributed by atoms with Gasteiger partial charge in [0.1, 0.15) is 0 Å². The molecule has 6 heteroatoms. The third kappa shape index (κ3) is 4.22. The standard InChI is InChI=1S/C21H22N4OS/c26-19(22-17-11-7-8-12-17)15-27-21-24-23-20(16-9-3-1-4-10-16)25(21)18-13-5-2-6-14-18/h1-6,9-10,13-14,17H,7-8,11-12,15H2,(H,22,26). The summed E-state index contributed by atoms with van der Waals surface area (Å²) in [6.45, 7) is 0. The lowest BCUT2D eigenvalue weighted by molar-refractivity contribution is -0.119. The summed E-state index contributed by atoms with van der Waals surface area (Å²) in [6, 6.07) is 20.4. The molecule has 4 rings (SSSR count). The SMILES string of the molecule is O=C(CSc1nnc(-c2ccccc2)n1-c1ccccc1)NC1CCCC1. The zero-order valence-electron chi connectivity index (χ0n) is 15.0. The molecule has 5 nitrogen and oxygen atoms in total. The highest BCUT2D eigenvalue weighted by molar-refractivity contribution is 7.99. The quantitative estimate of drug-likeness (QED) is 0.657. The van der Waals surface area contributed by atoms with Gasteiger partial charge in [-0.15, -0.1) is 10.2 Å². The van der Waals surface area contributed by atoms with Crippen LogP contribution in [0.25, 0.3) is 17.1 Å². The molecule has 2 aromatic carbocycles. The van der Waals surface area contributed by atoms with Gasteiger partial charge in [-0.1, -0.05) is 73.1 Å². The number of carbonyl (C=O) groups is 1. The molecule has 3 aromatic rings. The first kappa shape index (κ1) is 17.8. The normalized spacial score (nSPS) is 14.4. The van der Waals surface area contributed by atoms with E-state index in [9.17, 15) is 4.79 Å². The van der Waals surface area contributed by atoms with E-state index in [2.05, 4.69) is 15.5 Å². The van der Waals surface area contributed by atoms with Gasteiger partial charge in [0, 0.05) is 17.3 Å². The van der Waals surface area contributed by atoms with Crippen molar-refractivity contribution in [2.75, 3.05) is 5.75 Å². The van der Waals surface area contributed by atoms with Crippen LogP contribution in [0.1, 0.15) is 25.7 Å². The van der Waals surface area contributed by atoms with Crippen molar-refractivity contribution >= 4 is 17.7 Å². The Morgan fingerprint density at radius 3 is 2.37 bits per heavy atom. The molecule has 1 aliphatic rings. The molecule has 27 heavy (non-hydrogen) atoms. The Morgan fingerprint density at radius 1 is 1.00 bits per heavy atom. The van der Waals surface area contributed by atoms with Crippen molar-refractivity contribution in [1.29, 1.82) is 0 Å². The lowest BCUT2D eigenvalue weighted by Crippen LogP contribution is -2.33. The molecular formula is C21H22N4OS. The van der Waals surface area contributed by atoms with E-state index in [-0.39, 0.29) is 5.91 Å². The minimum absolute atomic E-state index is 0.0655. The van der Waals surface area contributed by atoms with E-state index in [4.69, 9.17) is 0 Å². The Bertz CT molecular complexity index is 889. The van der Waals surface area contributed by atoms with Crippen molar-refractivity contribution in [3.05, 3.63) is 60.7 Å². The summed E-state index contributed by atoms with van der Waals surface area (Å²) < 4.78 is 2.02. The molecule has 0 bridgehead atoms. The summed E-state index contributed by atoms with van der Waals surface area (Å²) in [5, 5.41) is 12.6. The number of benzene rings is 2. The van der Waals surface area contributed by atoms with Gasteiger partial charge in [0.15, 0.2) is 11.0 Å². The van der Waals surface area contributed by atoms with Crippen molar-refractivity contribution < 1.29 is 4.79 Å². The van der Waals surface area contributed by atoms with Crippen LogP contribution in [0.2, 0.25) is 0 Å².